The lowest BCUT2D eigenvalue weighted by atomic mass is 10.1. The van der Waals surface area contributed by atoms with E-state index in [1.54, 1.807) is 4.90 Å². The monoisotopic (exact) mass is 266 g/mol. The zero-order valence-electron chi connectivity index (χ0n) is 10.00. The molecule has 7 heteroatoms. The largest absolute Gasteiger partial charge is 0.394 e. The third-order valence-electron chi connectivity index (χ3n) is 2.70. The lowest BCUT2D eigenvalue weighted by molar-refractivity contribution is -0.117. The number of anilines is 2. The van der Waals surface area contributed by atoms with E-state index < -0.39 is 0 Å². The average molecular weight is 266 g/mol. The van der Waals surface area contributed by atoms with Gasteiger partial charge in [-0.15, -0.1) is 0 Å². The number of nitrogens with zero attached hydrogens (tertiary/aromatic N) is 3. The third-order valence-corrected chi connectivity index (χ3v) is 3.75. The quantitative estimate of drug-likeness (QED) is 0.866. The summed E-state index contributed by atoms with van der Waals surface area (Å²) in [7, 11) is 0. The number of amides is 1. The van der Waals surface area contributed by atoms with E-state index in [0.717, 1.165) is 0 Å². The molecule has 0 saturated carbocycles. The van der Waals surface area contributed by atoms with Crippen LogP contribution in [0.25, 0.3) is 0 Å². The number of rotatable bonds is 3. The predicted molar refractivity (Wildman–Crippen MR) is 70.0 cm³/mol. The van der Waals surface area contributed by atoms with Gasteiger partial charge in [0.1, 0.15) is 6.33 Å². The number of aromatic nitrogens is 2. The second kappa shape index (κ2) is 5.34. The van der Waals surface area contributed by atoms with E-state index in [-0.39, 0.29) is 16.9 Å². The summed E-state index contributed by atoms with van der Waals surface area (Å²) in [5.41, 5.74) is 6.15. The third kappa shape index (κ3) is 2.79. The molecule has 2 N–H and O–H groups in total. The Kier molecular flexibility index (Phi) is 3.81. The Morgan fingerprint density at radius 3 is 3.11 bits per heavy atom. The Hall–Kier alpha value is -1.63. The van der Waals surface area contributed by atoms with Crippen LogP contribution in [0.4, 0.5) is 11.5 Å². The number of carbonyl (C=O) groups excluding carboxylic acids is 2. The van der Waals surface area contributed by atoms with E-state index in [1.165, 1.54) is 31.2 Å². The Bertz CT molecular complexity index is 480. The first-order chi connectivity index (χ1) is 8.58. The summed E-state index contributed by atoms with van der Waals surface area (Å²) in [6.07, 6.45) is 3.29. The smallest absolute Gasteiger partial charge is 0.228 e. The average Bonchev–Trinajstić information content (AvgIpc) is 2.69. The summed E-state index contributed by atoms with van der Waals surface area (Å²) in [6.45, 7) is 2.09. The van der Waals surface area contributed by atoms with Crippen LogP contribution in [0.2, 0.25) is 0 Å². The van der Waals surface area contributed by atoms with E-state index in [0.29, 0.717) is 30.2 Å². The van der Waals surface area contributed by atoms with Crippen molar-refractivity contribution >= 4 is 34.3 Å². The normalized spacial score (nSPS) is 19.3. The Morgan fingerprint density at radius 2 is 2.44 bits per heavy atom. The van der Waals surface area contributed by atoms with Crippen LogP contribution in [0.5, 0.6) is 0 Å². The van der Waals surface area contributed by atoms with Crippen molar-refractivity contribution in [1.82, 2.24) is 9.97 Å². The van der Waals surface area contributed by atoms with E-state index in [1.807, 2.05) is 0 Å². The van der Waals surface area contributed by atoms with Gasteiger partial charge in [0.2, 0.25) is 5.91 Å². The second-order valence-electron chi connectivity index (χ2n) is 4.18. The number of thioether (sulfide) groups is 1. The molecule has 96 valence electrons. The van der Waals surface area contributed by atoms with E-state index >= 15 is 0 Å². The van der Waals surface area contributed by atoms with Gasteiger partial charge in [0.25, 0.3) is 0 Å². The van der Waals surface area contributed by atoms with E-state index in [4.69, 9.17) is 5.73 Å². The van der Waals surface area contributed by atoms with Gasteiger partial charge in [-0.2, -0.15) is 0 Å². The maximum Gasteiger partial charge on any atom is 0.228 e. The number of nitrogen functional groups attached to an aromatic ring is 1. The van der Waals surface area contributed by atoms with Crippen molar-refractivity contribution in [3.63, 3.8) is 0 Å². The van der Waals surface area contributed by atoms with Gasteiger partial charge in [-0.1, -0.05) is 11.8 Å². The first-order valence-corrected chi connectivity index (χ1v) is 6.55. The summed E-state index contributed by atoms with van der Waals surface area (Å²) < 4.78 is 0. The highest BCUT2D eigenvalue weighted by Crippen LogP contribution is 2.28. The highest BCUT2D eigenvalue weighted by molar-refractivity contribution is 8.13. The van der Waals surface area contributed by atoms with Crippen molar-refractivity contribution < 1.29 is 9.59 Å². The van der Waals surface area contributed by atoms with Crippen LogP contribution in [0, 0.1) is 5.92 Å². The summed E-state index contributed by atoms with van der Waals surface area (Å²) in [4.78, 5) is 32.2. The van der Waals surface area contributed by atoms with Crippen molar-refractivity contribution in [2.45, 2.75) is 13.3 Å². The molecule has 0 bridgehead atoms. The molecule has 0 aliphatic carbocycles. The molecule has 1 aliphatic rings. The van der Waals surface area contributed by atoms with Crippen molar-refractivity contribution in [2.24, 2.45) is 5.92 Å². The fourth-order valence-corrected chi connectivity index (χ4v) is 2.59. The van der Waals surface area contributed by atoms with Gasteiger partial charge in [-0.05, 0) is 5.92 Å². The molecule has 1 atom stereocenters. The lowest BCUT2D eigenvalue weighted by Gasteiger charge is -2.16. The van der Waals surface area contributed by atoms with Gasteiger partial charge < -0.3 is 5.73 Å². The molecule has 1 aliphatic heterocycles. The van der Waals surface area contributed by atoms with Crippen LogP contribution in [0.3, 0.4) is 0 Å². The fourth-order valence-electron chi connectivity index (χ4n) is 1.89. The molecular formula is C11H14N4O2S. The Labute approximate surface area is 109 Å². The Morgan fingerprint density at radius 1 is 1.67 bits per heavy atom. The van der Waals surface area contributed by atoms with Gasteiger partial charge in [-0.25, -0.2) is 9.97 Å². The minimum atomic E-state index is -0.00504. The minimum absolute atomic E-state index is 0.00504. The molecule has 1 aromatic rings. The van der Waals surface area contributed by atoms with E-state index in [9.17, 15) is 9.59 Å². The summed E-state index contributed by atoms with van der Waals surface area (Å²) >= 11 is 1.25. The molecule has 0 aromatic carbocycles. The van der Waals surface area contributed by atoms with E-state index in [2.05, 4.69) is 9.97 Å². The first kappa shape index (κ1) is 12.8. The predicted octanol–water partition coefficient (Wildman–Crippen LogP) is 0.691. The van der Waals surface area contributed by atoms with Crippen LogP contribution in [0.15, 0.2) is 12.5 Å². The molecule has 1 saturated heterocycles. The molecule has 6 nitrogen and oxygen atoms in total. The Balaban J connectivity index is 2.06. The molecule has 2 heterocycles. The minimum Gasteiger partial charge on any atom is -0.394 e. The molecule has 1 unspecified atom stereocenters. The maximum absolute atomic E-state index is 11.9. The van der Waals surface area contributed by atoms with Crippen molar-refractivity contribution in [3.05, 3.63) is 12.5 Å². The number of hydrogen-bond acceptors (Lipinski definition) is 6. The zero-order chi connectivity index (χ0) is 13.1. The molecule has 0 radical (unpaired) electrons. The maximum atomic E-state index is 11.9. The van der Waals surface area contributed by atoms with Gasteiger partial charge in [-0.3, -0.25) is 14.5 Å². The molecule has 18 heavy (non-hydrogen) atoms. The number of hydrogen-bond donors (Lipinski definition) is 1. The van der Waals surface area contributed by atoms with Crippen LogP contribution in [-0.2, 0) is 9.59 Å². The summed E-state index contributed by atoms with van der Waals surface area (Å²) in [5, 5.41) is 0.0717. The molecular weight excluding hydrogens is 252 g/mol. The standard InChI is InChI=1S/C11H14N4O2S/c1-7(16)18-5-8-2-10(17)15(4-8)11-9(12)3-13-6-14-11/h3,6,8H,2,4-5,12H2,1H3. The van der Waals surface area contributed by atoms with Gasteiger partial charge >= 0.3 is 0 Å². The van der Waals surface area contributed by atoms with Gasteiger partial charge in [0.15, 0.2) is 10.9 Å². The molecule has 1 fully saturated rings. The fraction of sp³-hybridized carbons (Fsp3) is 0.455. The highest BCUT2D eigenvalue weighted by Gasteiger charge is 2.32. The number of carbonyl (C=O) groups is 2. The first-order valence-electron chi connectivity index (χ1n) is 5.57. The topological polar surface area (TPSA) is 89.2 Å². The van der Waals surface area contributed by atoms with Crippen molar-refractivity contribution in [2.75, 3.05) is 22.9 Å². The van der Waals surface area contributed by atoms with Crippen LogP contribution < -0.4 is 10.6 Å². The SMILES string of the molecule is CC(=O)SCC1CC(=O)N(c2ncncc2N)C1. The van der Waals surface area contributed by atoms with Crippen molar-refractivity contribution in [3.8, 4) is 0 Å². The second-order valence-corrected chi connectivity index (χ2v) is 5.38. The molecule has 1 amide bonds. The van der Waals surface area contributed by atoms with Crippen LogP contribution in [-0.4, -0.2) is 33.3 Å². The summed E-state index contributed by atoms with van der Waals surface area (Å²) in [5.74, 6) is 1.28. The van der Waals surface area contributed by atoms with Crippen LogP contribution in [0.1, 0.15) is 13.3 Å². The van der Waals surface area contributed by atoms with Crippen molar-refractivity contribution in [1.29, 1.82) is 0 Å². The molecule has 1 aromatic heterocycles. The molecule has 2 rings (SSSR count). The van der Waals surface area contributed by atoms with Gasteiger partial charge in [0, 0.05) is 25.6 Å². The van der Waals surface area contributed by atoms with Gasteiger partial charge in [0.05, 0.1) is 11.9 Å². The number of nitrogens with two attached hydrogens (primary N) is 1. The highest BCUT2D eigenvalue weighted by atomic mass is 32.2. The van der Waals surface area contributed by atoms with Crippen LogP contribution >= 0.6 is 11.8 Å². The molecule has 0 spiro atoms. The zero-order valence-corrected chi connectivity index (χ0v) is 10.8. The lowest BCUT2D eigenvalue weighted by Crippen LogP contribution is -2.26. The summed E-state index contributed by atoms with van der Waals surface area (Å²) in [6, 6.07) is 0.